The summed E-state index contributed by atoms with van der Waals surface area (Å²) >= 11 is 0. The number of aromatic nitrogens is 1. The van der Waals surface area contributed by atoms with E-state index < -0.39 is 6.04 Å². The van der Waals surface area contributed by atoms with E-state index in [9.17, 15) is 19.2 Å². The minimum absolute atomic E-state index is 0.180. The first kappa shape index (κ1) is 20.8. The molecule has 0 spiro atoms. The molecule has 1 heterocycles. The summed E-state index contributed by atoms with van der Waals surface area (Å²) in [5.41, 5.74) is 0.892. The second-order valence-electron chi connectivity index (χ2n) is 8.21. The maximum absolute atomic E-state index is 13.4. The number of nitrogens with one attached hydrogen (secondary N) is 3. The topological polar surface area (TPSA) is 97.8 Å². The Balaban J connectivity index is 1.69. The van der Waals surface area contributed by atoms with Crippen molar-refractivity contribution in [2.24, 2.45) is 11.8 Å². The number of hydrogen-bond donors (Lipinski definition) is 3. The summed E-state index contributed by atoms with van der Waals surface area (Å²) in [4.78, 5) is 28.5. The fourth-order valence-corrected chi connectivity index (χ4v) is 3.98. The number of amides is 2. The zero-order valence-corrected chi connectivity index (χ0v) is 16.8. The highest BCUT2D eigenvalue weighted by Crippen LogP contribution is 2.26. The number of H-pyrrole nitrogens is 1. The van der Waals surface area contributed by atoms with Crippen molar-refractivity contribution in [3.63, 3.8) is 0 Å². The molecule has 0 radical (unpaired) electrons. The largest absolute Gasteiger partial charge is 0.350 e. The number of rotatable bonds is 6. The molecule has 1 aromatic heterocycles. The molecule has 1 aliphatic carbocycles. The minimum Gasteiger partial charge on any atom is -0.350 e. The van der Waals surface area contributed by atoms with Crippen LogP contribution in [-0.2, 0) is 4.79 Å². The van der Waals surface area contributed by atoms with Gasteiger partial charge in [0.2, 0.25) is 5.91 Å². The van der Waals surface area contributed by atoms with Crippen LogP contribution in [0.4, 0.5) is 4.39 Å². The summed E-state index contributed by atoms with van der Waals surface area (Å²) in [6.45, 7) is 4.01. The molecule has 154 valence electrons. The molecule has 0 aliphatic heterocycles. The minimum atomic E-state index is -0.524. The zero-order chi connectivity index (χ0) is 21.0. The molecule has 1 aliphatic rings. The Hall–Kier alpha value is -2.88. The van der Waals surface area contributed by atoms with Gasteiger partial charge in [0.25, 0.3) is 5.91 Å². The van der Waals surface area contributed by atoms with Gasteiger partial charge in [0, 0.05) is 16.9 Å². The van der Waals surface area contributed by atoms with E-state index in [0.29, 0.717) is 36.4 Å². The van der Waals surface area contributed by atoms with Crippen molar-refractivity contribution < 1.29 is 14.0 Å². The van der Waals surface area contributed by atoms with Crippen molar-refractivity contribution in [3.8, 4) is 6.07 Å². The van der Waals surface area contributed by atoms with Crippen LogP contribution < -0.4 is 10.6 Å². The SMILES string of the molecule is CC(C)C[C@@H](C#N)NC(=O)[C@@H]1CCCCC1NC(=O)c1cc2ccc(F)cc2[nH]1. The molecule has 1 unspecified atom stereocenters. The Bertz CT molecular complexity index is 931. The summed E-state index contributed by atoms with van der Waals surface area (Å²) in [5, 5.41) is 15.9. The van der Waals surface area contributed by atoms with Gasteiger partial charge >= 0.3 is 0 Å². The number of nitriles is 1. The molecule has 3 N–H and O–H groups in total. The predicted molar refractivity (Wildman–Crippen MR) is 108 cm³/mol. The van der Waals surface area contributed by atoms with Crippen LogP contribution in [0.2, 0.25) is 0 Å². The molecule has 6 nitrogen and oxygen atoms in total. The van der Waals surface area contributed by atoms with E-state index in [-0.39, 0.29) is 29.6 Å². The van der Waals surface area contributed by atoms with Gasteiger partial charge in [-0.3, -0.25) is 9.59 Å². The standard InChI is InChI=1S/C22H27FN4O2/c1-13(2)9-16(12-24)25-21(28)17-5-3-4-6-18(17)27-22(29)20-10-14-7-8-15(23)11-19(14)26-20/h7-8,10-11,13,16-18,26H,3-6,9H2,1-2H3,(H,25,28)(H,27,29)/t16-,17+,18?/m0/s1. The maximum Gasteiger partial charge on any atom is 0.267 e. The van der Waals surface area contributed by atoms with Crippen molar-refractivity contribution in [1.82, 2.24) is 15.6 Å². The molecule has 3 rings (SSSR count). The maximum atomic E-state index is 13.4. The fourth-order valence-electron chi connectivity index (χ4n) is 3.98. The first-order valence-corrected chi connectivity index (χ1v) is 10.2. The number of hydrogen-bond acceptors (Lipinski definition) is 3. The van der Waals surface area contributed by atoms with Gasteiger partial charge in [-0.05, 0) is 49.4 Å². The second kappa shape index (κ2) is 9.08. The average Bonchev–Trinajstić information content (AvgIpc) is 3.10. The Morgan fingerprint density at radius 3 is 2.76 bits per heavy atom. The van der Waals surface area contributed by atoms with Crippen LogP contribution >= 0.6 is 0 Å². The quantitative estimate of drug-likeness (QED) is 0.693. The van der Waals surface area contributed by atoms with E-state index in [1.165, 1.54) is 12.1 Å². The molecule has 1 fully saturated rings. The smallest absolute Gasteiger partial charge is 0.267 e. The third kappa shape index (κ3) is 5.14. The zero-order valence-electron chi connectivity index (χ0n) is 16.8. The third-order valence-electron chi connectivity index (χ3n) is 5.43. The lowest BCUT2D eigenvalue weighted by Gasteiger charge is -2.31. The molecule has 7 heteroatoms. The van der Waals surface area contributed by atoms with Crippen LogP contribution in [0.25, 0.3) is 10.9 Å². The highest BCUT2D eigenvalue weighted by molar-refractivity contribution is 5.98. The summed E-state index contributed by atoms with van der Waals surface area (Å²) in [6.07, 6.45) is 3.82. The van der Waals surface area contributed by atoms with E-state index in [0.717, 1.165) is 18.2 Å². The van der Waals surface area contributed by atoms with E-state index in [4.69, 9.17) is 0 Å². The number of fused-ring (bicyclic) bond motifs is 1. The molecular weight excluding hydrogens is 371 g/mol. The summed E-state index contributed by atoms with van der Waals surface area (Å²) in [6, 6.07) is 7.32. The van der Waals surface area contributed by atoms with Gasteiger partial charge in [-0.15, -0.1) is 0 Å². The molecule has 0 saturated heterocycles. The number of halogens is 1. The van der Waals surface area contributed by atoms with Crippen LogP contribution in [0.3, 0.4) is 0 Å². The Morgan fingerprint density at radius 1 is 1.28 bits per heavy atom. The van der Waals surface area contributed by atoms with Gasteiger partial charge in [0.15, 0.2) is 0 Å². The first-order chi connectivity index (χ1) is 13.9. The lowest BCUT2D eigenvalue weighted by atomic mass is 9.83. The van der Waals surface area contributed by atoms with Crippen LogP contribution in [0.1, 0.15) is 56.4 Å². The van der Waals surface area contributed by atoms with Crippen LogP contribution in [0, 0.1) is 29.0 Å². The number of aromatic amines is 1. The van der Waals surface area contributed by atoms with E-state index >= 15 is 0 Å². The Labute approximate surface area is 169 Å². The highest BCUT2D eigenvalue weighted by Gasteiger charge is 2.33. The molecule has 1 saturated carbocycles. The van der Waals surface area contributed by atoms with Gasteiger partial charge in [-0.25, -0.2) is 4.39 Å². The fraction of sp³-hybridized carbons (Fsp3) is 0.500. The lowest BCUT2D eigenvalue weighted by molar-refractivity contribution is -0.127. The number of nitrogens with zero attached hydrogens (tertiary/aromatic N) is 1. The summed E-state index contributed by atoms with van der Waals surface area (Å²) < 4.78 is 13.4. The molecule has 2 amide bonds. The van der Waals surface area contributed by atoms with Gasteiger partial charge in [-0.1, -0.05) is 26.7 Å². The number of carbonyl (C=O) groups excluding carboxylic acids is 2. The molecule has 1 aromatic carbocycles. The van der Waals surface area contributed by atoms with Gasteiger partial charge in [-0.2, -0.15) is 5.26 Å². The highest BCUT2D eigenvalue weighted by atomic mass is 19.1. The number of benzene rings is 1. The monoisotopic (exact) mass is 398 g/mol. The van der Waals surface area contributed by atoms with E-state index in [1.54, 1.807) is 12.1 Å². The summed E-state index contributed by atoms with van der Waals surface area (Å²) in [7, 11) is 0. The van der Waals surface area contributed by atoms with E-state index in [1.807, 2.05) is 13.8 Å². The average molecular weight is 398 g/mol. The molecule has 0 bridgehead atoms. The van der Waals surface area contributed by atoms with Crippen molar-refractivity contribution in [2.45, 2.75) is 58.0 Å². The van der Waals surface area contributed by atoms with Crippen LogP contribution in [0.5, 0.6) is 0 Å². The Morgan fingerprint density at radius 2 is 2.03 bits per heavy atom. The predicted octanol–water partition coefficient (Wildman–Crippen LogP) is 3.65. The van der Waals surface area contributed by atoms with Crippen LogP contribution in [0.15, 0.2) is 24.3 Å². The van der Waals surface area contributed by atoms with Crippen molar-refractivity contribution in [2.75, 3.05) is 0 Å². The van der Waals surface area contributed by atoms with E-state index in [2.05, 4.69) is 21.7 Å². The summed E-state index contributed by atoms with van der Waals surface area (Å²) in [5.74, 6) is -0.929. The van der Waals surface area contributed by atoms with Gasteiger partial charge in [0.1, 0.15) is 17.6 Å². The van der Waals surface area contributed by atoms with Gasteiger partial charge in [0.05, 0.1) is 12.0 Å². The third-order valence-corrected chi connectivity index (χ3v) is 5.43. The van der Waals surface area contributed by atoms with Crippen molar-refractivity contribution in [1.29, 1.82) is 5.26 Å². The Kier molecular flexibility index (Phi) is 6.53. The van der Waals surface area contributed by atoms with Crippen molar-refractivity contribution >= 4 is 22.7 Å². The normalized spacial score (nSPS) is 20.2. The number of carbonyl (C=O) groups is 2. The van der Waals surface area contributed by atoms with Crippen LogP contribution in [-0.4, -0.2) is 28.9 Å². The molecular formula is C22H27FN4O2. The molecule has 3 atom stereocenters. The lowest BCUT2D eigenvalue weighted by Crippen LogP contribution is -2.50. The molecule has 2 aromatic rings. The molecule has 29 heavy (non-hydrogen) atoms. The second-order valence-corrected chi connectivity index (χ2v) is 8.21. The van der Waals surface area contributed by atoms with Gasteiger partial charge < -0.3 is 15.6 Å². The first-order valence-electron chi connectivity index (χ1n) is 10.2. The van der Waals surface area contributed by atoms with Crippen molar-refractivity contribution in [3.05, 3.63) is 35.8 Å².